The molecule has 0 radical (unpaired) electrons. The number of nitrogens with zero attached hydrogens (tertiary/aromatic N) is 2. The van der Waals surface area contributed by atoms with Crippen LogP contribution in [0.1, 0.15) is 54.6 Å². The summed E-state index contributed by atoms with van der Waals surface area (Å²) >= 11 is 0. The highest BCUT2D eigenvalue weighted by Gasteiger charge is 2.31. The average molecular weight is 578 g/mol. The highest BCUT2D eigenvalue weighted by molar-refractivity contribution is 6.01. The number of carbonyl (C=O) groups excluding carboxylic acids is 5. The second-order valence-electron chi connectivity index (χ2n) is 11.1. The van der Waals surface area contributed by atoms with Gasteiger partial charge in [-0.25, -0.2) is 0 Å². The fraction of sp³-hybridized carbons (Fsp3) is 0.452. The van der Waals surface area contributed by atoms with E-state index >= 15 is 0 Å². The fourth-order valence-electron chi connectivity index (χ4n) is 5.04. The van der Waals surface area contributed by atoms with E-state index < -0.39 is 29.8 Å². The first-order valence-corrected chi connectivity index (χ1v) is 14.3. The van der Waals surface area contributed by atoms with Gasteiger partial charge in [-0.3, -0.25) is 24.0 Å². The molecule has 1 saturated heterocycles. The lowest BCUT2D eigenvalue weighted by molar-refractivity contribution is -0.137. The standard InChI is InChI=1S/C31H39N5O6/c1-20(2)28-31(41)35(3)14-15-42-25-11-5-4-10-23(25)29(39)33-24(17-26(37)34-28)30(40)32-18-21-8-6-9-22(16-21)19-36-13-7-12-27(36)38/h4-6,8-11,16,20,24,28H,7,12-15,17-19H2,1-3H3,(H,32,40)(H,33,39)(H,34,37)/t24-,28+/m0/s1. The smallest absolute Gasteiger partial charge is 0.255 e. The summed E-state index contributed by atoms with van der Waals surface area (Å²) in [4.78, 5) is 68.2. The van der Waals surface area contributed by atoms with Gasteiger partial charge in [0.25, 0.3) is 5.91 Å². The maximum absolute atomic E-state index is 13.4. The number of likely N-dealkylation sites (N-methyl/N-ethyl adjacent to an activating group) is 1. The molecule has 2 aliphatic rings. The maximum Gasteiger partial charge on any atom is 0.255 e. The van der Waals surface area contributed by atoms with Crippen molar-refractivity contribution in [1.82, 2.24) is 25.8 Å². The number of amides is 5. The molecule has 2 aromatic carbocycles. The van der Waals surface area contributed by atoms with Gasteiger partial charge in [-0.1, -0.05) is 50.2 Å². The number of para-hydroxylation sites is 1. The lowest BCUT2D eigenvalue weighted by Gasteiger charge is -2.28. The summed E-state index contributed by atoms with van der Waals surface area (Å²) in [5, 5.41) is 8.27. The summed E-state index contributed by atoms with van der Waals surface area (Å²) in [7, 11) is 1.63. The average Bonchev–Trinajstić information content (AvgIpc) is 3.37. The van der Waals surface area contributed by atoms with E-state index in [9.17, 15) is 24.0 Å². The van der Waals surface area contributed by atoms with Gasteiger partial charge in [0.15, 0.2) is 0 Å². The number of nitrogens with one attached hydrogen (secondary N) is 3. The minimum absolute atomic E-state index is 0.136. The fourth-order valence-corrected chi connectivity index (χ4v) is 5.04. The van der Waals surface area contributed by atoms with Crippen molar-refractivity contribution in [2.45, 2.75) is 58.3 Å². The van der Waals surface area contributed by atoms with E-state index in [0.717, 1.165) is 24.1 Å². The molecule has 5 amide bonds. The molecule has 2 aromatic rings. The molecule has 0 aliphatic carbocycles. The molecule has 4 rings (SSSR count). The maximum atomic E-state index is 13.4. The third kappa shape index (κ3) is 7.86. The Labute approximate surface area is 246 Å². The van der Waals surface area contributed by atoms with E-state index in [1.54, 1.807) is 31.3 Å². The quantitative estimate of drug-likeness (QED) is 0.477. The number of carbonyl (C=O) groups is 5. The van der Waals surface area contributed by atoms with E-state index in [-0.39, 0.29) is 49.4 Å². The molecule has 42 heavy (non-hydrogen) atoms. The molecule has 11 heteroatoms. The van der Waals surface area contributed by atoms with Crippen molar-refractivity contribution in [2.75, 3.05) is 26.7 Å². The zero-order chi connectivity index (χ0) is 30.2. The van der Waals surface area contributed by atoms with Crippen molar-refractivity contribution in [3.05, 3.63) is 65.2 Å². The second kappa shape index (κ2) is 14.0. The van der Waals surface area contributed by atoms with E-state index in [4.69, 9.17) is 4.74 Å². The van der Waals surface area contributed by atoms with Crippen LogP contribution in [0, 0.1) is 5.92 Å². The van der Waals surface area contributed by atoms with Crippen LogP contribution >= 0.6 is 0 Å². The van der Waals surface area contributed by atoms with Gasteiger partial charge in [0.1, 0.15) is 24.4 Å². The first kappa shape index (κ1) is 30.5. The predicted octanol–water partition coefficient (Wildman–Crippen LogP) is 1.61. The molecule has 2 aliphatic heterocycles. The van der Waals surface area contributed by atoms with E-state index in [1.165, 1.54) is 4.90 Å². The molecule has 2 atom stereocenters. The lowest BCUT2D eigenvalue weighted by Crippen LogP contribution is -2.54. The Balaban J connectivity index is 1.52. The highest BCUT2D eigenvalue weighted by Crippen LogP contribution is 2.19. The number of hydrogen-bond donors (Lipinski definition) is 3. The van der Waals surface area contributed by atoms with Crippen molar-refractivity contribution < 1.29 is 28.7 Å². The molecule has 0 spiro atoms. The zero-order valence-corrected chi connectivity index (χ0v) is 24.4. The van der Waals surface area contributed by atoms with Gasteiger partial charge in [0.2, 0.25) is 23.6 Å². The molecule has 0 bridgehead atoms. The van der Waals surface area contributed by atoms with Crippen molar-refractivity contribution in [1.29, 1.82) is 0 Å². The molecule has 3 N–H and O–H groups in total. The largest absolute Gasteiger partial charge is 0.491 e. The molecular formula is C31H39N5O6. The predicted molar refractivity (Wildman–Crippen MR) is 155 cm³/mol. The molecule has 1 fully saturated rings. The van der Waals surface area contributed by atoms with E-state index in [0.29, 0.717) is 18.7 Å². The molecule has 0 saturated carbocycles. The van der Waals surface area contributed by atoms with Crippen LogP contribution < -0.4 is 20.7 Å². The lowest BCUT2D eigenvalue weighted by atomic mass is 10.0. The Bertz CT molecular complexity index is 1330. The summed E-state index contributed by atoms with van der Waals surface area (Å²) in [5.74, 6) is -1.67. The minimum Gasteiger partial charge on any atom is -0.491 e. The number of likely N-dealkylation sites (tertiary alicyclic amines) is 1. The molecule has 11 nitrogen and oxygen atoms in total. The van der Waals surface area contributed by atoms with Crippen LogP contribution in [0.3, 0.4) is 0 Å². The van der Waals surface area contributed by atoms with Crippen molar-refractivity contribution in [3.63, 3.8) is 0 Å². The molecular weight excluding hydrogens is 538 g/mol. The zero-order valence-electron chi connectivity index (χ0n) is 24.4. The Morgan fingerprint density at radius 3 is 2.52 bits per heavy atom. The van der Waals surface area contributed by atoms with Gasteiger partial charge in [-0.15, -0.1) is 0 Å². The van der Waals surface area contributed by atoms with Crippen LogP contribution in [0.25, 0.3) is 0 Å². The number of rotatable bonds is 6. The summed E-state index contributed by atoms with van der Waals surface area (Å²) in [5.41, 5.74) is 1.98. The number of benzene rings is 2. The third-order valence-electron chi connectivity index (χ3n) is 7.46. The first-order chi connectivity index (χ1) is 20.1. The van der Waals surface area contributed by atoms with Gasteiger partial charge < -0.3 is 30.5 Å². The van der Waals surface area contributed by atoms with E-state index in [1.807, 2.05) is 43.0 Å². The van der Waals surface area contributed by atoms with Crippen molar-refractivity contribution in [2.24, 2.45) is 5.92 Å². The summed E-state index contributed by atoms with van der Waals surface area (Å²) in [6, 6.07) is 12.2. The van der Waals surface area contributed by atoms with Crippen LogP contribution in [-0.4, -0.2) is 78.2 Å². The second-order valence-corrected chi connectivity index (χ2v) is 11.1. The number of ether oxygens (including phenoxy) is 1. The Hall–Kier alpha value is -4.41. The number of hydrogen-bond acceptors (Lipinski definition) is 6. The van der Waals surface area contributed by atoms with Gasteiger partial charge in [-0.2, -0.15) is 0 Å². The van der Waals surface area contributed by atoms with Crippen LogP contribution in [-0.2, 0) is 32.3 Å². The first-order valence-electron chi connectivity index (χ1n) is 14.3. The van der Waals surface area contributed by atoms with Gasteiger partial charge in [-0.05, 0) is 35.6 Å². The summed E-state index contributed by atoms with van der Waals surface area (Å²) in [6.45, 7) is 5.45. The Kier molecular flexibility index (Phi) is 10.2. The van der Waals surface area contributed by atoms with Crippen LogP contribution in [0.4, 0.5) is 0 Å². The Morgan fingerprint density at radius 2 is 1.79 bits per heavy atom. The summed E-state index contributed by atoms with van der Waals surface area (Å²) < 4.78 is 5.84. The Morgan fingerprint density at radius 1 is 1.02 bits per heavy atom. The van der Waals surface area contributed by atoms with Gasteiger partial charge in [0.05, 0.1) is 18.5 Å². The molecule has 2 heterocycles. The summed E-state index contributed by atoms with van der Waals surface area (Å²) in [6.07, 6.45) is 1.06. The topological polar surface area (TPSA) is 137 Å². The minimum atomic E-state index is -1.21. The number of fused-ring (bicyclic) bond motifs is 1. The molecule has 0 unspecified atom stereocenters. The highest BCUT2D eigenvalue weighted by atomic mass is 16.5. The molecule has 224 valence electrons. The van der Waals surface area contributed by atoms with Crippen molar-refractivity contribution >= 4 is 29.5 Å². The van der Waals surface area contributed by atoms with Crippen LogP contribution in [0.15, 0.2) is 48.5 Å². The van der Waals surface area contributed by atoms with Crippen LogP contribution in [0.2, 0.25) is 0 Å². The van der Waals surface area contributed by atoms with E-state index in [2.05, 4.69) is 16.0 Å². The van der Waals surface area contributed by atoms with Crippen LogP contribution in [0.5, 0.6) is 5.75 Å². The van der Waals surface area contributed by atoms with Gasteiger partial charge in [0, 0.05) is 33.1 Å². The third-order valence-corrected chi connectivity index (χ3v) is 7.46. The monoisotopic (exact) mass is 577 g/mol. The normalized spacial score (nSPS) is 20.4. The van der Waals surface area contributed by atoms with Crippen molar-refractivity contribution in [3.8, 4) is 5.75 Å². The SMILES string of the molecule is CC(C)[C@H]1NC(=O)C[C@@H](C(=O)NCc2cccc(CN3CCCC3=O)c2)NC(=O)c2ccccc2OCCN(C)C1=O. The van der Waals surface area contributed by atoms with Gasteiger partial charge >= 0.3 is 0 Å². The molecule has 0 aromatic heterocycles.